The molecular formula is C16H14F2NS2+. The third kappa shape index (κ3) is 3.14. The van der Waals surface area contributed by atoms with Crippen molar-refractivity contribution < 1.29 is 14.2 Å². The zero-order valence-corrected chi connectivity index (χ0v) is 12.9. The maximum absolute atomic E-state index is 14.3. The van der Waals surface area contributed by atoms with E-state index in [1.165, 1.54) is 35.7 Å². The van der Waals surface area contributed by atoms with Crippen LogP contribution in [0, 0.1) is 11.6 Å². The maximum atomic E-state index is 14.3. The standard InChI is InChI=1S/C16H13F2NS2/c17-13-8-11(10-2-4-12(19)5-3-10)9-14(18)15(13)16-20-6-1-7-21-16/h2-5,8-9,19H,1,6-7H2/p+1. The van der Waals surface area contributed by atoms with Crippen LogP contribution in [-0.4, -0.2) is 17.2 Å². The SMILES string of the molecule is [NH2+]=C1C=CC(=c2cc(F)c(=C3SCCCS3)c(F)c2)C=C1. The molecule has 0 spiro atoms. The van der Waals surface area contributed by atoms with Crippen LogP contribution >= 0.6 is 23.5 Å². The van der Waals surface area contributed by atoms with Gasteiger partial charge in [-0.3, -0.25) is 5.41 Å². The largest absolute Gasteiger partial charge is 0.254 e. The van der Waals surface area contributed by atoms with Crippen LogP contribution in [0.3, 0.4) is 0 Å². The first-order chi connectivity index (χ1) is 10.1. The first-order valence-electron chi connectivity index (χ1n) is 6.63. The van der Waals surface area contributed by atoms with E-state index in [4.69, 9.17) is 5.41 Å². The highest BCUT2D eigenvalue weighted by Crippen LogP contribution is 2.35. The predicted octanol–water partition coefficient (Wildman–Crippen LogP) is 1.38. The summed E-state index contributed by atoms with van der Waals surface area (Å²) in [6.07, 6.45) is 8.05. The Kier molecular flexibility index (Phi) is 4.31. The summed E-state index contributed by atoms with van der Waals surface area (Å²) in [6.45, 7) is 0. The number of halogens is 2. The van der Waals surface area contributed by atoms with Crippen LogP contribution in [0.2, 0.25) is 0 Å². The highest BCUT2D eigenvalue weighted by Gasteiger charge is 2.13. The minimum Gasteiger partial charge on any atom is -0.254 e. The lowest BCUT2D eigenvalue weighted by atomic mass is 10.1. The number of allylic oxidation sites excluding steroid dienone is 4. The molecule has 5 heteroatoms. The lowest BCUT2D eigenvalue weighted by Crippen LogP contribution is -2.37. The summed E-state index contributed by atoms with van der Waals surface area (Å²) in [7, 11) is 0. The predicted molar refractivity (Wildman–Crippen MR) is 87.2 cm³/mol. The summed E-state index contributed by atoms with van der Waals surface area (Å²) in [5.41, 5.74) is 1.38. The molecule has 1 aromatic rings. The third-order valence-electron chi connectivity index (χ3n) is 3.25. The quantitative estimate of drug-likeness (QED) is 0.781. The summed E-state index contributed by atoms with van der Waals surface area (Å²) in [5.74, 6) is 0.833. The van der Waals surface area contributed by atoms with Gasteiger partial charge in [-0.2, -0.15) is 0 Å². The zero-order chi connectivity index (χ0) is 14.8. The number of nitrogens with two attached hydrogens (primary N) is 1. The molecule has 3 rings (SSSR count). The molecule has 1 heterocycles. The second-order valence-electron chi connectivity index (χ2n) is 4.77. The van der Waals surface area contributed by atoms with Gasteiger partial charge >= 0.3 is 0 Å². The van der Waals surface area contributed by atoms with Gasteiger partial charge in [0.2, 0.25) is 0 Å². The van der Waals surface area contributed by atoms with Crippen LogP contribution in [0.1, 0.15) is 6.42 Å². The van der Waals surface area contributed by atoms with Gasteiger partial charge in [-0.25, -0.2) is 8.78 Å². The van der Waals surface area contributed by atoms with E-state index in [9.17, 15) is 8.78 Å². The van der Waals surface area contributed by atoms with Crippen LogP contribution in [0.25, 0.3) is 9.81 Å². The van der Waals surface area contributed by atoms with Crippen molar-refractivity contribution in [3.05, 3.63) is 58.5 Å². The maximum Gasteiger partial charge on any atom is 0.196 e. The molecule has 0 bridgehead atoms. The molecule has 1 aromatic carbocycles. The zero-order valence-electron chi connectivity index (χ0n) is 11.2. The number of rotatable bonds is 0. The number of benzene rings is 1. The Balaban J connectivity index is 2.17. The summed E-state index contributed by atoms with van der Waals surface area (Å²) in [5, 5.41) is 6.27. The van der Waals surface area contributed by atoms with Crippen LogP contribution in [-0.2, 0) is 0 Å². The normalized spacial score (nSPS) is 18.5. The third-order valence-corrected chi connectivity index (χ3v) is 5.87. The van der Waals surface area contributed by atoms with E-state index < -0.39 is 11.6 Å². The second-order valence-corrected chi connectivity index (χ2v) is 7.24. The van der Waals surface area contributed by atoms with Crippen molar-refractivity contribution in [1.82, 2.24) is 0 Å². The van der Waals surface area contributed by atoms with Crippen molar-refractivity contribution >= 4 is 39.0 Å². The van der Waals surface area contributed by atoms with Gasteiger partial charge in [-0.15, -0.1) is 23.5 Å². The van der Waals surface area contributed by atoms with Crippen molar-refractivity contribution in [2.75, 3.05) is 11.5 Å². The Labute approximate surface area is 130 Å². The smallest absolute Gasteiger partial charge is 0.196 e. The Hall–Kier alpha value is -1.33. The van der Waals surface area contributed by atoms with E-state index in [2.05, 4.69) is 0 Å². The minimum absolute atomic E-state index is 0.115. The van der Waals surface area contributed by atoms with Crippen molar-refractivity contribution in [3.63, 3.8) is 0 Å². The van der Waals surface area contributed by atoms with Gasteiger partial charge < -0.3 is 0 Å². The lowest BCUT2D eigenvalue weighted by molar-refractivity contribution is -0.110. The minimum atomic E-state index is -0.501. The van der Waals surface area contributed by atoms with Gasteiger partial charge in [-0.05, 0) is 53.0 Å². The fourth-order valence-electron chi connectivity index (χ4n) is 2.19. The Morgan fingerprint density at radius 2 is 1.48 bits per heavy atom. The highest BCUT2D eigenvalue weighted by molar-refractivity contribution is 8.30. The van der Waals surface area contributed by atoms with Gasteiger partial charge in [-0.1, -0.05) is 0 Å². The van der Waals surface area contributed by atoms with E-state index in [1.54, 1.807) is 24.3 Å². The molecule has 21 heavy (non-hydrogen) atoms. The second kappa shape index (κ2) is 6.20. The van der Waals surface area contributed by atoms with Gasteiger partial charge in [0, 0.05) is 12.2 Å². The van der Waals surface area contributed by atoms with E-state index in [0.717, 1.165) is 27.7 Å². The number of thioether (sulfide) groups is 2. The molecule has 0 unspecified atom stereocenters. The molecule has 2 aliphatic rings. The topological polar surface area (TPSA) is 25.6 Å². The molecule has 0 radical (unpaired) electrons. The number of hydrogen-bond acceptors (Lipinski definition) is 2. The summed E-state index contributed by atoms with van der Waals surface area (Å²) in [4.78, 5) is 0. The molecule has 1 nitrogen and oxygen atoms in total. The van der Waals surface area contributed by atoms with Crippen molar-refractivity contribution in [2.24, 2.45) is 0 Å². The van der Waals surface area contributed by atoms with Crippen LogP contribution in [0.15, 0.2) is 36.4 Å². The van der Waals surface area contributed by atoms with E-state index in [0.29, 0.717) is 10.9 Å². The summed E-state index contributed by atoms with van der Waals surface area (Å²) < 4.78 is 29.4. The number of hydrogen-bond donors (Lipinski definition) is 1. The van der Waals surface area contributed by atoms with Gasteiger partial charge in [0.25, 0.3) is 0 Å². The molecule has 2 N–H and O–H groups in total. The summed E-state index contributed by atoms with van der Waals surface area (Å²) >= 11 is 3.06. The highest BCUT2D eigenvalue weighted by atomic mass is 32.2. The van der Waals surface area contributed by atoms with E-state index in [-0.39, 0.29) is 5.22 Å². The molecule has 1 aliphatic carbocycles. The fourth-order valence-corrected chi connectivity index (χ4v) is 4.83. The lowest BCUT2D eigenvalue weighted by Gasteiger charge is -2.13. The molecule has 108 valence electrons. The summed E-state index contributed by atoms with van der Waals surface area (Å²) in [6, 6.07) is 2.79. The molecule has 1 aliphatic heterocycles. The van der Waals surface area contributed by atoms with E-state index >= 15 is 0 Å². The van der Waals surface area contributed by atoms with Crippen molar-refractivity contribution in [1.29, 1.82) is 0 Å². The fraction of sp³-hybridized carbons (Fsp3) is 0.188. The molecule has 1 fully saturated rings. The monoisotopic (exact) mass is 322 g/mol. The van der Waals surface area contributed by atoms with Crippen LogP contribution < -0.4 is 15.8 Å². The molecule has 0 amide bonds. The van der Waals surface area contributed by atoms with Gasteiger partial charge in [0.1, 0.15) is 11.6 Å². The molecule has 0 aromatic heterocycles. The Morgan fingerprint density at radius 3 is 2.05 bits per heavy atom. The molecule has 0 saturated carbocycles. The van der Waals surface area contributed by atoms with Crippen molar-refractivity contribution in [3.8, 4) is 0 Å². The molecule has 0 atom stereocenters. The van der Waals surface area contributed by atoms with Crippen molar-refractivity contribution in [2.45, 2.75) is 6.42 Å². The van der Waals surface area contributed by atoms with Crippen LogP contribution in [0.5, 0.6) is 0 Å². The average Bonchev–Trinajstić information content (AvgIpc) is 2.48. The first-order valence-corrected chi connectivity index (χ1v) is 8.60. The van der Waals surface area contributed by atoms with Gasteiger partial charge in [0.15, 0.2) is 5.71 Å². The Bertz CT molecular complexity index is 723. The van der Waals surface area contributed by atoms with E-state index in [1.807, 2.05) is 0 Å². The van der Waals surface area contributed by atoms with Crippen LogP contribution in [0.4, 0.5) is 8.78 Å². The first kappa shape index (κ1) is 14.6. The Morgan fingerprint density at radius 1 is 0.905 bits per heavy atom. The molecular weight excluding hydrogens is 308 g/mol. The van der Waals surface area contributed by atoms with Gasteiger partial charge in [0.05, 0.1) is 9.46 Å². The average molecular weight is 322 g/mol. The molecule has 1 saturated heterocycles.